The van der Waals surface area contributed by atoms with Crippen molar-refractivity contribution in [1.29, 1.82) is 0 Å². The number of pyridine rings is 1. The Morgan fingerprint density at radius 2 is 1.83 bits per heavy atom. The van der Waals surface area contributed by atoms with Crippen LogP contribution in [0.1, 0.15) is 13.3 Å². The highest BCUT2D eigenvalue weighted by molar-refractivity contribution is 7.99. The van der Waals surface area contributed by atoms with E-state index in [1.54, 1.807) is 18.0 Å². The Morgan fingerprint density at radius 1 is 1.07 bits per heavy atom. The van der Waals surface area contributed by atoms with Crippen molar-refractivity contribution in [3.8, 4) is 0 Å². The largest absolute Gasteiger partial charge is 0.353 e. The number of nitrogens with zero attached hydrogens (tertiary/aromatic N) is 3. The van der Waals surface area contributed by atoms with Crippen LogP contribution in [0.2, 0.25) is 0 Å². The first-order valence-electron chi connectivity index (χ1n) is 9.88. The lowest BCUT2D eigenvalue weighted by Crippen LogP contribution is -2.49. The summed E-state index contributed by atoms with van der Waals surface area (Å²) in [7, 11) is 0. The second kappa shape index (κ2) is 10.7. The monoisotopic (exact) mass is 413 g/mol. The summed E-state index contributed by atoms with van der Waals surface area (Å²) in [5, 5.41) is 5.64. The molecule has 3 amide bonds. The van der Waals surface area contributed by atoms with Gasteiger partial charge >= 0.3 is 6.03 Å². The predicted molar refractivity (Wildman–Crippen MR) is 118 cm³/mol. The first-order valence-corrected chi connectivity index (χ1v) is 10.9. The third kappa shape index (κ3) is 6.12. The van der Waals surface area contributed by atoms with Crippen LogP contribution in [0.15, 0.2) is 53.6 Å². The summed E-state index contributed by atoms with van der Waals surface area (Å²) >= 11 is 1.68. The summed E-state index contributed by atoms with van der Waals surface area (Å²) in [6.07, 6.45) is 2.07. The topological polar surface area (TPSA) is 77.6 Å². The van der Waals surface area contributed by atoms with Crippen LogP contribution in [0.3, 0.4) is 0 Å². The number of urea groups is 1. The average Bonchev–Trinajstić information content (AvgIpc) is 2.76. The zero-order valence-corrected chi connectivity index (χ0v) is 17.5. The molecular weight excluding hydrogens is 386 g/mol. The molecule has 1 aliphatic heterocycles. The van der Waals surface area contributed by atoms with Gasteiger partial charge in [0.25, 0.3) is 0 Å². The summed E-state index contributed by atoms with van der Waals surface area (Å²) in [6.45, 7) is 5.26. The van der Waals surface area contributed by atoms with Gasteiger partial charge in [-0.3, -0.25) is 4.79 Å². The number of thioether (sulfide) groups is 1. The standard InChI is InChI=1S/C21H27N5O2S/c1-2-29-18-8-4-3-7-17(18)24-21(28)23-12-10-20(27)26-15-13-25(14-16-26)19-9-5-6-11-22-19/h3-9,11H,2,10,12-16H2,1H3,(H2,23,24,28). The second-order valence-corrected chi connectivity index (χ2v) is 7.92. The van der Waals surface area contributed by atoms with Gasteiger partial charge in [-0.2, -0.15) is 0 Å². The normalized spacial score (nSPS) is 13.8. The van der Waals surface area contributed by atoms with Gasteiger partial charge in [0.15, 0.2) is 0 Å². The Kier molecular flexibility index (Phi) is 7.75. The summed E-state index contributed by atoms with van der Waals surface area (Å²) in [6, 6.07) is 13.3. The first-order chi connectivity index (χ1) is 14.2. The van der Waals surface area contributed by atoms with E-state index >= 15 is 0 Å². The van der Waals surface area contributed by atoms with Crippen LogP contribution >= 0.6 is 11.8 Å². The van der Waals surface area contributed by atoms with Crippen molar-refractivity contribution < 1.29 is 9.59 Å². The van der Waals surface area contributed by atoms with Gasteiger partial charge in [-0.25, -0.2) is 9.78 Å². The van der Waals surface area contributed by atoms with Crippen LogP contribution in [0.4, 0.5) is 16.3 Å². The maximum absolute atomic E-state index is 12.4. The van der Waals surface area contributed by atoms with Crippen LogP contribution in [-0.4, -0.2) is 60.3 Å². The number of para-hydroxylation sites is 1. The van der Waals surface area contributed by atoms with Gasteiger partial charge in [-0.15, -0.1) is 11.8 Å². The van der Waals surface area contributed by atoms with E-state index in [1.807, 2.05) is 47.4 Å². The number of carbonyl (C=O) groups is 2. The molecule has 1 fully saturated rings. The number of hydrogen-bond acceptors (Lipinski definition) is 5. The maximum Gasteiger partial charge on any atom is 0.319 e. The molecule has 3 rings (SSSR count). The van der Waals surface area contributed by atoms with E-state index < -0.39 is 0 Å². The molecule has 0 atom stereocenters. The van der Waals surface area contributed by atoms with Crippen LogP contribution in [0.5, 0.6) is 0 Å². The Morgan fingerprint density at radius 3 is 2.55 bits per heavy atom. The Balaban J connectivity index is 1.38. The number of anilines is 2. The first kappa shape index (κ1) is 21.0. The second-order valence-electron chi connectivity index (χ2n) is 6.62. The van der Waals surface area contributed by atoms with E-state index in [-0.39, 0.29) is 11.9 Å². The van der Waals surface area contributed by atoms with Crippen LogP contribution in [0.25, 0.3) is 0 Å². The molecule has 0 aliphatic carbocycles. The molecule has 0 radical (unpaired) electrons. The average molecular weight is 414 g/mol. The van der Waals surface area contributed by atoms with E-state index in [0.29, 0.717) is 26.1 Å². The van der Waals surface area contributed by atoms with Gasteiger partial charge < -0.3 is 20.4 Å². The maximum atomic E-state index is 12.4. The zero-order chi connectivity index (χ0) is 20.5. The molecule has 0 saturated carbocycles. The third-order valence-corrected chi connectivity index (χ3v) is 5.62. The molecule has 0 spiro atoms. The third-order valence-electron chi connectivity index (χ3n) is 4.67. The minimum Gasteiger partial charge on any atom is -0.353 e. The molecule has 1 aliphatic rings. The van der Waals surface area contributed by atoms with Gasteiger partial charge in [0.2, 0.25) is 5.91 Å². The van der Waals surface area contributed by atoms with Gasteiger partial charge in [0.1, 0.15) is 5.82 Å². The molecule has 2 heterocycles. The molecule has 1 aromatic heterocycles. The van der Waals surface area contributed by atoms with E-state index in [9.17, 15) is 9.59 Å². The fourth-order valence-electron chi connectivity index (χ4n) is 3.18. The molecule has 0 unspecified atom stereocenters. The van der Waals surface area contributed by atoms with Crippen LogP contribution in [-0.2, 0) is 4.79 Å². The van der Waals surface area contributed by atoms with Crippen molar-refractivity contribution in [3.05, 3.63) is 48.7 Å². The fraction of sp³-hybridized carbons (Fsp3) is 0.381. The number of nitrogens with one attached hydrogen (secondary N) is 2. The number of amides is 3. The summed E-state index contributed by atoms with van der Waals surface area (Å²) < 4.78 is 0. The number of piperazine rings is 1. The summed E-state index contributed by atoms with van der Waals surface area (Å²) in [4.78, 5) is 34.0. The van der Waals surface area contributed by atoms with E-state index in [4.69, 9.17) is 0 Å². The number of rotatable bonds is 7. The molecule has 2 N–H and O–H groups in total. The fourth-order valence-corrected chi connectivity index (χ4v) is 3.94. The lowest BCUT2D eigenvalue weighted by atomic mass is 10.2. The lowest BCUT2D eigenvalue weighted by molar-refractivity contribution is -0.131. The molecular formula is C21H27N5O2S. The Hall–Kier alpha value is -2.74. The predicted octanol–water partition coefficient (Wildman–Crippen LogP) is 3.05. The molecule has 7 nitrogen and oxygen atoms in total. The summed E-state index contributed by atoms with van der Waals surface area (Å²) in [5.41, 5.74) is 0.786. The lowest BCUT2D eigenvalue weighted by Gasteiger charge is -2.35. The number of hydrogen-bond donors (Lipinski definition) is 2. The molecule has 2 aromatic rings. The van der Waals surface area contributed by atoms with Gasteiger partial charge in [-0.1, -0.05) is 25.1 Å². The van der Waals surface area contributed by atoms with Crippen molar-refractivity contribution in [3.63, 3.8) is 0 Å². The minimum absolute atomic E-state index is 0.0629. The van der Waals surface area contributed by atoms with Crippen molar-refractivity contribution in [2.45, 2.75) is 18.2 Å². The van der Waals surface area contributed by atoms with Crippen LogP contribution < -0.4 is 15.5 Å². The van der Waals surface area contributed by atoms with Crippen molar-refractivity contribution in [1.82, 2.24) is 15.2 Å². The van der Waals surface area contributed by atoms with Crippen molar-refractivity contribution in [2.75, 3.05) is 48.7 Å². The van der Waals surface area contributed by atoms with Gasteiger partial charge in [-0.05, 0) is 30.0 Å². The molecule has 8 heteroatoms. The number of benzene rings is 1. The molecule has 1 aromatic carbocycles. The van der Waals surface area contributed by atoms with E-state index in [2.05, 4.69) is 27.4 Å². The molecule has 29 heavy (non-hydrogen) atoms. The van der Waals surface area contributed by atoms with E-state index in [1.165, 1.54) is 0 Å². The molecule has 1 saturated heterocycles. The Labute approximate surface area is 175 Å². The summed E-state index contributed by atoms with van der Waals surface area (Å²) in [5.74, 6) is 1.94. The SMILES string of the molecule is CCSc1ccccc1NC(=O)NCCC(=O)N1CCN(c2ccccn2)CC1. The van der Waals surface area contributed by atoms with E-state index in [0.717, 1.165) is 35.2 Å². The zero-order valence-electron chi connectivity index (χ0n) is 16.6. The van der Waals surface area contributed by atoms with Crippen LogP contribution in [0, 0.1) is 0 Å². The van der Waals surface area contributed by atoms with Crippen molar-refractivity contribution >= 4 is 35.2 Å². The van der Waals surface area contributed by atoms with Gasteiger partial charge in [0, 0.05) is 50.2 Å². The highest BCUT2D eigenvalue weighted by atomic mass is 32.2. The highest BCUT2D eigenvalue weighted by Crippen LogP contribution is 2.26. The van der Waals surface area contributed by atoms with Crippen molar-refractivity contribution in [2.24, 2.45) is 0 Å². The Bertz CT molecular complexity index is 810. The smallest absolute Gasteiger partial charge is 0.319 e. The number of aromatic nitrogens is 1. The molecule has 154 valence electrons. The quantitative estimate of drug-likeness (QED) is 0.682. The number of carbonyl (C=O) groups excluding carboxylic acids is 2. The molecule has 0 bridgehead atoms. The minimum atomic E-state index is -0.290. The highest BCUT2D eigenvalue weighted by Gasteiger charge is 2.21. The van der Waals surface area contributed by atoms with Gasteiger partial charge in [0.05, 0.1) is 5.69 Å².